The van der Waals surface area contributed by atoms with Crippen molar-refractivity contribution in [3.8, 4) is 0 Å². The molecule has 0 atom stereocenters. The Labute approximate surface area is 140 Å². The van der Waals surface area contributed by atoms with Crippen LogP contribution < -0.4 is 11.2 Å². The average Bonchev–Trinajstić information content (AvgIpc) is 2.59. The van der Waals surface area contributed by atoms with E-state index in [1.807, 2.05) is 0 Å². The first kappa shape index (κ1) is 17.4. The maximum Gasteiger partial charge on any atom is 0.338 e. The predicted molar refractivity (Wildman–Crippen MR) is 94.5 cm³/mol. The molecule has 0 N–H and O–H groups in total. The first-order valence-corrected chi connectivity index (χ1v) is 7.67. The lowest BCUT2D eigenvalue weighted by Gasteiger charge is -2.18. The van der Waals surface area contributed by atoms with Crippen molar-refractivity contribution in [2.75, 3.05) is 0 Å². The van der Waals surface area contributed by atoms with Gasteiger partial charge in [-0.25, -0.2) is 4.79 Å². The van der Waals surface area contributed by atoms with Crippen LogP contribution in [0.3, 0.4) is 0 Å². The van der Waals surface area contributed by atoms with Gasteiger partial charge in [-0.05, 0) is 31.9 Å². The lowest BCUT2D eigenvalue weighted by Crippen LogP contribution is -2.45. The summed E-state index contributed by atoms with van der Waals surface area (Å²) >= 11 is 0. The molecule has 0 unspecified atom stereocenters. The van der Waals surface area contributed by atoms with E-state index in [0.29, 0.717) is 23.0 Å². The number of aryl methyl sites for hydroxylation is 1. The molecule has 0 spiro atoms. The highest BCUT2D eigenvalue weighted by Gasteiger charge is 2.20. The number of allylic oxidation sites excluding steroid dienone is 2. The summed E-state index contributed by atoms with van der Waals surface area (Å²) in [5.41, 5.74) is -0.621. The van der Waals surface area contributed by atoms with Gasteiger partial charge in [0.2, 0.25) is 0 Å². The Morgan fingerprint density at radius 2 is 1.71 bits per heavy atom. The van der Waals surface area contributed by atoms with Crippen LogP contribution in [-0.2, 0) is 0 Å². The van der Waals surface area contributed by atoms with E-state index in [2.05, 4.69) is 13.2 Å². The summed E-state index contributed by atoms with van der Waals surface area (Å²) in [4.78, 5) is 37.8. The smallest absolute Gasteiger partial charge is 0.296 e. The molecule has 24 heavy (non-hydrogen) atoms. The fourth-order valence-corrected chi connectivity index (χ4v) is 2.56. The monoisotopic (exact) mass is 324 g/mol. The average molecular weight is 324 g/mol. The number of aromatic nitrogens is 2. The van der Waals surface area contributed by atoms with Gasteiger partial charge in [-0.1, -0.05) is 30.4 Å². The predicted octanol–water partition coefficient (Wildman–Crippen LogP) is 2.70. The van der Waals surface area contributed by atoms with Gasteiger partial charge in [0.25, 0.3) is 11.5 Å². The first-order valence-electron chi connectivity index (χ1n) is 7.67. The third-order valence-corrected chi connectivity index (χ3v) is 3.78. The van der Waals surface area contributed by atoms with E-state index in [-0.39, 0.29) is 11.6 Å². The van der Waals surface area contributed by atoms with Crippen LogP contribution in [0.25, 0.3) is 0 Å². The molecule has 0 aliphatic heterocycles. The molecule has 1 heterocycles. The van der Waals surface area contributed by atoms with E-state index in [4.69, 9.17) is 0 Å². The van der Waals surface area contributed by atoms with Crippen LogP contribution in [0.5, 0.6) is 0 Å². The zero-order valence-corrected chi connectivity index (χ0v) is 13.6. The first-order chi connectivity index (χ1) is 11.5. The molecular weight excluding hydrogens is 304 g/mol. The molecule has 0 aliphatic carbocycles. The Bertz CT molecular complexity index is 866. The van der Waals surface area contributed by atoms with Gasteiger partial charge in [-0.3, -0.25) is 14.2 Å². The fourth-order valence-electron chi connectivity index (χ4n) is 2.56. The Kier molecular flexibility index (Phi) is 5.47. The van der Waals surface area contributed by atoms with Gasteiger partial charge in [0.15, 0.2) is 0 Å². The Morgan fingerprint density at radius 1 is 1.12 bits per heavy atom. The van der Waals surface area contributed by atoms with Crippen molar-refractivity contribution in [1.82, 2.24) is 9.13 Å². The molecule has 0 fully saturated rings. The summed E-state index contributed by atoms with van der Waals surface area (Å²) in [6.07, 6.45) is 5.96. The number of carbonyl (C=O) groups is 1. The van der Waals surface area contributed by atoms with Crippen molar-refractivity contribution in [2.45, 2.75) is 25.8 Å². The number of rotatable bonds is 6. The summed E-state index contributed by atoms with van der Waals surface area (Å²) < 4.78 is 2.12. The molecule has 124 valence electrons. The molecule has 2 rings (SSSR count). The van der Waals surface area contributed by atoms with Crippen LogP contribution in [0, 0.1) is 6.92 Å². The topological polar surface area (TPSA) is 61.1 Å². The molecular formula is C19H20N2O3. The zero-order valence-electron chi connectivity index (χ0n) is 13.6. The van der Waals surface area contributed by atoms with Gasteiger partial charge in [-0.15, -0.1) is 13.2 Å². The molecule has 2 aromatic rings. The van der Waals surface area contributed by atoms with Crippen molar-refractivity contribution in [3.63, 3.8) is 0 Å². The molecule has 0 radical (unpaired) electrons. The molecule has 5 heteroatoms. The van der Waals surface area contributed by atoms with Crippen LogP contribution >= 0.6 is 0 Å². The van der Waals surface area contributed by atoms with Crippen molar-refractivity contribution in [1.29, 1.82) is 0 Å². The van der Waals surface area contributed by atoms with Gasteiger partial charge < -0.3 is 0 Å². The number of hydrogen-bond donors (Lipinski definition) is 0. The van der Waals surface area contributed by atoms with Gasteiger partial charge in [0, 0.05) is 23.4 Å². The summed E-state index contributed by atoms with van der Waals surface area (Å²) in [6.45, 7) is 8.98. The van der Waals surface area contributed by atoms with E-state index in [1.54, 1.807) is 49.4 Å². The van der Waals surface area contributed by atoms with Crippen molar-refractivity contribution >= 4 is 5.91 Å². The highest BCUT2D eigenvalue weighted by Crippen LogP contribution is 2.15. The van der Waals surface area contributed by atoms with E-state index < -0.39 is 17.2 Å². The SMILES string of the molecule is C=CCC(CC=C)n1cc(C)c(=O)n(C(=O)c2ccccc2)c1=O. The van der Waals surface area contributed by atoms with Gasteiger partial charge in [0.1, 0.15) is 0 Å². The number of carbonyl (C=O) groups excluding carboxylic acids is 1. The van der Waals surface area contributed by atoms with Crippen molar-refractivity contribution < 1.29 is 4.79 Å². The minimum absolute atomic E-state index is 0.235. The normalized spacial score (nSPS) is 10.6. The van der Waals surface area contributed by atoms with E-state index in [1.165, 1.54) is 10.8 Å². The van der Waals surface area contributed by atoms with Gasteiger partial charge in [0.05, 0.1) is 0 Å². The quantitative estimate of drug-likeness (QED) is 0.768. The Morgan fingerprint density at radius 3 is 2.25 bits per heavy atom. The molecule has 0 bridgehead atoms. The standard InChI is InChI=1S/C19H20N2O3/c1-4-9-16(10-5-2)20-13-14(3)17(22)21(19(20)24)18(23)15-11-7-6-8-12-15/h4-8,11-13,16H,1-2,9-10H2,3H3. The molecule has 0 saturated heterocycles. The van der Waals surface area contributed by atoms with Crippen LogP contribution in [0.15, 0.2) is 71.4 Å². The fraction of sp³-hybridized carbons (Fsp3) is 0.211. The minimum atomic E-state index is -0.645. The molecule has 1 aromatic heterocycles. The molecule has 0 amide bonds. The molecule has 0 saturated carbocycles. The highest BCUT2D eigenvalue weighted by atomic mass is 16.2. The molecule has 5 nitrogen and oxygen atoms in total. The van der Waals surface area contributed by atoms with Crippen molar-refractivity contribution in [2.24, 2.45) is 0 Å². The maximum atomic E-state index is 12.8. The highest BCUT2D eigenvalue weighted by molar-refractivity contribution is 5.95. The lowest BCUT2D eigenvalue weighted by atomic mass is 10.1. The van der Waals surface area contributed by atoms with Crippen LogP contribution in [0.4, 0.5) is 0 Å². The van der Waals surface area contributed by atoms with Crippen molar-refractivity contribution in [3.05, 3.63) is 93.8 Å². The summed E-state index contributed by atoms with van der Waals surface area (Å²) in [7, 11) is 0. The Balaban J connectivity index is 2.67. The molecule has 0 aliphatic rings. The van der Waals surface area contributed by atoms with E-state index in [0.717, 1.165) is 0 Å². The summed E-state index contributed by atoms with van der Waals surface area (Å²) in [6, 6.07) is 8.05. The Hall–Kier alpha value is -2.95. The second-order valence-corrected chi connectivity index (χ2v) is 5.52. The number of nitrogens with zero attached hydrogens (tertiary/aromatic N) is 2. The largest absolute Gasteiger partial charge is 0.338 e. The van der Waals surface area contributed by atoms with E-state index >= 15 is 0 Å². The third-order valence-electron chi connectivity index (χ3n) is 3.78. The lowest BCUT2D eigenvalue weighted by molar-refractivity contribution is 0.0947. The summed E-state index contributed by atoms with van der Waals surface area (Å²) in [5, 5.41) is 0. The van der Waals surface area contributed by atoms with E-state index in [9.17, 15) is 14.4 Å². The van der Waals surface area contributed by atoms with Gasteiger partial charge in [-0.2, -0.15) is 4.57 Å². The van der Waals surface area contributed by atoms with Crippen LogP contribution in [0.2, 0.25) is 0 Å². The molecule has 1 aromatic carbocycles. The van der Waals surface area contributed by atoms with Crippen LogP contribution in [-0.4, -0.2) is 15.0 Å². The third kappa shape index (κ3) is 3.35. The van der Waals surface area contributed by atoms with Gasteiger partial charge >= 0.3 is 5.69 Å². The number of benzene rings is 1. The maximum absolute atomic E-state index is 12.8. The zero-order chi connectivity index (χ0) is 17.7. The minimum Gasteiger partial charge on any atom is -0.296 e. The summed E-state index contributed by atoms with van der Waals surface area (Å²) in [5.74, 6) is -0.626. The van der Waals surface area contributed by atoms with Crippen LogP contribution in [0.1, 0.15) is 34.8 Å². The number of hydrogen-bond acceptors (Lipinski definition) is 3. The second kappa shape index (κ2) is 7.55. The second-order valence-electron chi connectivity index (χ2n) is 5.52.